The van der Waals surface area contributed by atoms with E-state index in [1.807, 2.05) is 30.3 Å². The summed E-state index contributed by atoms with van der Waals surface area (Å²) in [5.41, 5.74) is 7.55. The summed E-state index contributed by atoms with van der Waals surface area (Å²) >= 11 is 0. The predicted molar refractivity (Wildman–Crippen MR) is 89.0 cm³/mol. The number of rotatable bonds is 5. The van der Waals surface area contributed by atoms with Gasteiger partial charge in [-0.15, -0.1) is 0 Å². The molecule has 2 rings (SSSR count). The van der Waals surface area contributed by atoms with Gasteiger partial charge in [-0.3, -0.25) is 0 Å². The Hall–Kier alpha value is -3.08. The molecule has 0 fully saturated rings. The van der Waals surface area contributed by atoms with Crippen molar-refractivity contribution in [2.24, 2.45) is 5.73 Å². The zero-order valence-electron chi connectivity index (χ0n) is 12.6. The minimum absolute atomic E-state index is 0.370. The summed E-state index contributed by atoms with van der Waals surface area (Å²) < 4.78 is 5.03. The summed E-state index contributed by atoms with van der Waals surface area (Å²) in [5, 5.41) is 7.19. The first-order valence-electron chi connectivity index (χ1n) is 6.95. The molecule has 0 saturated carbocycles. The molecule has 0 radical (unpaired) electrons. The molecule has 23 heavy (non-hydrogen) atoms. The molecule has 0 aliphatic rings. The van der Waals surface area contributed by atoms with Crippen LogP contribution >= 0.6 is 0 Å². The fourth-order valence-corrected chi connectivity index (χ4v) is 1.96. The fourth-order valence-electron chi connectivity index (χ4n) is 1.96. The third-order valence-electron chi connectivity index (χ3n) is 2.88. The van der Waals surface area contributed by atoms with Crippen LogP contribution in [0.4, 0.5) is 4.79 Å². The number of carbonyl (C=O) groups excluding carboxylic acids is 1. The molecule has 0 saturated heterocycles. The average molecular weight is 313 g/mol. The highest BCUT2D eigenvalue weighted by molar-refractivity contribution is 5.81. The van der Waals surface area contributed by atoms with Crippen molar-refractivity contribution in [1.29, 1.82) is 0 Å². The Bertz CT molecular complexity index is 649. The summed E-state index contributed by atoms with van der Waals surface area (Å²) in [6, 6.07) is 18.3. The van der Waals surface area contributed by atoms with Crippen molar-refractivity contribution in [1.82, 2.24) is 0 Å². The van der Waals surface area contributed by atoms with E-state index in [4.69, 9.17) is 14.6 Å². The zero-order valence-corrected chi connectivity index (χ0v) is 12.6. The van der Waals surface area contributed by atoms with Gasteiger partial charge in [0.1, 0.15) is 0 Å². The van der Waals surface area contributed by atoms with E-state index in [1.165, 1.54) is 22.8 Å². The first-order chi connectivity index (χ1) is 11.0. The predicted octanol–water partition coefficient (Wildman–Crippen LogP) is 3.25. The van der Waals surface area contributed by atoms with Crippen LogP contribution in [0.15, 0.2) is 67.3 Å². The van der Waals surface area contributed by atoms with Crippen LogP contribution in [0, 0.1) is 0 Å². The maximum Gasteiger partial charge on any atom is 0.402 e. The Morgan fingerprint density at radius 3 is 2.26 bits per heavy atom. The lowest BCUT2D eigenvalue weighted by Crippen LogP contribution is -2.05. The summed E-state index contributed by atoms with van der Waals surface area (Å²) in [6.07, 6.45) is 0.549. The third-order valence-corrected chi connectivity index (χ3v) is 2.88. The molecule has 0 aliphatic carbocycles. The van der Waals surface area contributed by atoms with Crippen molar-refractivity contribution in [2.45, 2.75) is 6.42 Å². The molecule has 0 atom stereocenters. The summed E-state index contributed by atoms with van der Waals surface area (Å²) in [6.45, 7) is 3.75. The molecular weight excluding hydrogens is 294 g/mol. The smallest absolute Gasteiger partial charge is 0.402 e. The number of ether oxygens (including phenoxy) is 1. The highest BCUT2D eigenvalue weighted by Gasteiger charge is 2.04. The normalized spacial score (nSPS) is 9.22. The van der Waals surface area contributed by atoms with Gasteiger partial charge < -0.3 is 15.6 Å². The van der Waals surface area contributed by atoms with Gasteiger partial charge in [0, 0.05) is 12.5 Å². The van der Waals surface area contributed by atoms with Gasteiger partial charge in [0.15, 0.2) is 0 Å². The van der Waals surface area contributed by atoms with Crippen molar-refractivity contribution in [3.63, 3.8) is 0 Å². The first kappa shape index (κ1) is 18.0. The van der Waals surface area contributed by atoms with Gasteiger partial charge in [-0.2, -0.15) is 0 Å². The number of primary amides is 1. The van der Waals surface area contributed by atoms with Crippen molar-refractivity contribution < 1.29 is 19.4 Å². The number of hydrogen-bond donors (Lipinski definition) is 2. The van der Waals surface area contributed by atoms with E-state index < -0.39 is 6.09 Å². The Morgan fingerprint density at radius 1 is 1.09 bits per heavy atom. The van der Waals surface area contributed by atoms with E-state index in [0.717, 1.165) is 0 Å². The lowest BCUT2D eigenvalue weighted by atomic mass is 9.98. The fraction of sp³-hybridized carbons (Fsp3) is 0.111. The maximum atomic E-state index is 11.0. The van der Waals surface area contributed by atoms with Crippen LogP contribution in [0.25, 0.3) is 11.1 Å². The number of carbonyl (C=O) groups is 2. The maximum absolute atomic E-state index is 11.0. The van der Waals surface area contributed by atoms with Gasteiger partial charge in [0.05, 0.1) is 6.61 Å². The van der Waals surface area contributed by atoms with Gasteiger partial charge in [-0.1, -0.05) is 61.2 Å². The largest absolute Gasteiger partial charge is 0.465 e. The van der Waals surface area contributed by atoms with Crippen molar-refractivity contribution in [3.8, 4) is 11.1 Å². The summed E-state index contributed by atoms with van der Waals surface area (Å²) in [4.78, 5) is 19.8. The molecule has 0 aromatic heterocycles. The van der Waals surface area contributed by atoms with E-state index >= 15 is 0 Å². The van der Waals surface area contributed by atoms with Gasteiger partial charge in [-0.25, -0.2) is 9.59 Å². The monoisotopic (exact) mass is 313 g/mol. The quantitative estimate of drug-likeness (QED) is 0.655. The number of esters is 1. The Labute approximate surface area is 135 Å². The number of hydrogen-bond acceptors (Lipinski definition) is 3. The molecule has 5 heteroatoms. The Kier molecular flexibility index (Phi) is 7.64. The molecule has 5 nitrogen and oxygen atoms in total. The first-order valence-corrected chi connectivity index (χ1v) is 6.95. The van der Waals surface area contributed by atoms with Crippen LogP contribution in [0.3, 0.4) is 0 Å². The molecular formula is C18H19NO4. The van der Waals surface area contributed by atoms with Gasteiger partial charge in [0.2, 0.25) is 0 Å². The van der Waals surface area contributed by atoms with Crippen LogP contribution in [-0.2, 0) is 16.0 Å². The topological polar surface area (TPSA) is 89.6 Å². The van der Waals surface area contributed by atoms with Crippen LogP contribution in [-0.4, -0.2) is 23.8 Å². The Morgan fingerprint density at radius 2 is 1.65 bits per heavy atom. The SMILES string of the molecule is C=CC(=O)OCCc1ccccc1-c1ccccc1.NC(=O)O. The zero-order chi connectivity index (χ0) is 17.1. The molecule has 0 bridgehead atoms. The average Bonchev–Trinajstić information content (AvgIpc) is 2.55. The highest BCUT2D eigenvalue weighted by Crippen LogP contribution is 2.23. The molecule has 0 heterocycles. The van der Waals surface area contributed by atoms with Crippen molar-refractivity contribution in [2.75, 3.05) is 6.61 Å². The van der Waals surface area contributed by atoms with Gasteiger partial charge in [-0.05, 0) is 16.7 Å². The molecule has 2 aromatic carbocycles. The second-order valence-electron chi connectivity index (χ2n) is 4.48. The molecule has 0 aliphatic heterocycles. The number of amides is 1. The van der Waals surface area contributed by atoms with Crippen LogP contribution in [0.2, 0.25) is 0 Å². The van der Waals surface area contributed by atoms with Gasteiger partial charge >= 0.3 is 12.1 Å². The van der Waals surface area contributed by atoms with Crippen molar-refractivity contribution >= 4 is 12.1 Å². The lowest BCUT2D eigenvalue weighted by molar-refractivity contribution is -0.137. The molecule has 120 valence electrons. The van der Waals surface area contributed by atoms with E-state index in [2.05, 4.69) is 36.6 Å². The molecule has 1 amide bonds. The molecule has 0 unspecified atom stereocenters. The number of carboxylic acid groups (broad SMARTS) is 1. The van der Waals surface area contributed by atoms with Crippen LogP contribution < -0.4 is 5.73 Å². The number of benzene rings is 2. The van der Waals surface area contributed by atoms with Gasteiger partial charge in [0.25, 0.3) is 0 Å². The summed E-state index contributed by atoms with van der Waals surface area (Å²) in [7, 11) is 0. The van der Waals surface area contributed by atoms with E-state index in [9.17, 15) is 4.79 Å². The molecule has 2 aromatic rings. The van der Waals surface area contributed by atoms with Crippen molar-refractivity contribution in [3.05, 3.63) is 72.8 Å². The molecule has 0 spiro atoms. The standard InChI is InChI=1S/C17H16O2.CH3NO2/c1-2-17(18)19-13-12-15-10-6-7-11-16(15)14-8-4-3-5-9-14;2-1(3)4/h2-11H,1,12-13H2;2H2,(H,3,4). The Balaban J connectivity index is 0.000000593. The second-order valence-corrected chi connectivity index (χ2v) is 4.48. The minimum atomic E-state index is -1.33. The lowest BCUT2D eigenvalue weighted by Gasteiger charge is -2.09. The van der Waals surface area contributed by atoms with E-state index in [-0.39, 0.29) is 5.97 Å². The highest BCUT2D eigenvalue weighted by atomic mass is 16.5. The number of nitrogens with two attached hydrogens (primary N) is 1. The minimum Gasteiger partial charge on any atom is -0.465 e. The van der Waals surface area contributed by atoms with Crippen LogP contribution in [0.1, 0.15) is 5.56 Å². The van der Waals surface area contributed by atoms with E-state index in [0.29, 0.717) is 13.0 Å². The van der Waals surface area contributed by atoms with E-state index in [1.54, 1.807) is 0 Å². The van der Waals surface area contributed by atoms with Crippen LogP contribution in [0.5, 0.6) is 0 Å². The third kappa shape index (κ3) is 6.95. The summed E-state index contributed by atoms with van der Waals surface area (Å²) in [5.74, 6) is -0.378. The molecule has 3 N–H and O–H groups in total. The second kappa shape index (κ2) is 9.78.